The van der Waals surface area contributed by atoms with Crippen molar-refractivity contribution in [2.24, 2.45) is 0 Å². The molecule has 1 aliphatic carbocycles. The summed E-state index contributed by atoms with van der Waals surface area (Å²) in [7, 11) is -1.90. The highest BCUT2D eigenvalue weighted by molar-refractivity contribution is 7.89. The van der Waals surface area contributed by atoms with Crippen LogP contribution in [0.5, 0.6) is 0 Å². The molecule has 5 nitrogen and oxygen atoms in total. The van der Waals surface area contributed by atoms with E-state index in [2.05, 4.69) is 6.07 Å². The number of benzene rings is 1. The average molecular weight is 405 g/mol. The van der Waals surface area contributed by atoms with Gasteiger partial charge in [-0.15, -0.1) is 11.3 Å². The highest BCUT2D eigenvalue weighted by atomic mass is 32.2. The fourth-order valence-corrected chi connectivity index (χ4v) is 6.88. The van der Waals surface area contributed by atoms with Gasteiger partial charge >= 0.3 is 0 Å². The zero-order chi connectivity index (χ0) is 19.0. The molecule has 1 aliphatic heterocycles. The number of amides is 1. The quantitative estimate of drug-likeness (QED) is 0.784. The van der Waals surface area contributed by atoms with Gasteiger partial charge in [-0.05, 0) is 41.8 Å². The van der Waals surface area contributed by atoms with Gasteiger partial charge in [-0.3, -0.25) is 4.79 Å². The van der Waals surface area contributed by atoms with Crippen LogP contribution in [0.2, 0.25) is 0 Å². The van der Waals surface area contributed by atoms with Crippen molar-refractivity contribution in [2.45, 2.75) is 49.6 Å². The summed E-state index contributed by atoms with van der Waals surface area (Å²) in [6.07, 6.45) is 4.96. The molecule has 144 valence electrons. The molecule has 2 heterocycles. The van der Waals surface area contributed by atoms with Crippen molar-refractivity contribution in [3.8, 4) is 0 Å². The second-order valence-electron chi connectivity index (χ2n) is 7.33. The molecule has 7 heteroatoms. The van der Waals surface area contributed by atoms with Crippen LogP contribution in [0.15, 0.2) is 40.6 Å². The van der Waals surface area contributed by atoms with Crippen LogP contribution < -0.4 is 0 Å². The van der Waals surface area contributed by atoms with Gasteiger partial charge in [0, 0.05) is 26.2 Å². The zero-order valence-electron chi connectivity index (χ0n) is 15.4. The lowest BCUT2D eigenvalue weighted by atomic mass is 10.0. The van der Waals surface area contributed by atoms with E-state index in [4.69, 9.17) is 0 Å². The Labute approximate surface area is 164 Å². The molecule has 0 atom stereocenters. The Kier molecular flexibility index (Phi) is 5.09. The van der Waals surface area contributed by atoms with Crippen LogP contribution in [0.25, 0.3) is 0 Å². The molecule has 0 radical (unpaired) electrons. The van der Waals surface area contributed by atoms with Crippen molar-refractivity contribution in [1.29, 1.82) is 0 Å². The zero-order valence-corrected chi connectivity index (χ0v) is 17.1. The van der Waals surface area contributed by atoms with Crippen molar-refractivity contribution >= 4 is 27.3 Å². The van der Waals surface area contributed by atoms with Crippen LogP contribution in [0.4, 0.5) is 0 Å². The average Bonchev–Trinajstić information content (AvgIpc) is 3.38. The maximum Gasteiger partial charge on any atom is 0.265 e. The van der Waals surface area contributed by atoms with Gasteiger partial charge in [0.1, 0.15) is 9.77 Å². The number of hydrogen-bond acceptors (Lipinski definition) is 4. The first-order chi connectivity index (χ1) is 13.0. The first-order valence-corrected chi connectivity index (χ1v) is 11.7. The second-order valence-corrected chi connectivity index (χ2v) is 10.1. The van der Waals surface area contributed by atoms with Crippen LogP contribution in [0, 0.1) is 0 Å². The molecule has 0 N–H and O–H groups in total. The van der Waals surface area contributed by atoms with Crippen molar-refractivity contribution in [3.63, 3.8) is 0 Å². The number of carbonyl (C=O) groups excluding carboxylic acids is 1. The summed E-state index contributed by atoms with van der Waals surface area (Å²) in [5.41, 5.74) is 2.24. The van der Waals surface area contributed by atoms with E-state index in [9.17, 15) is 13.2 Å². The van der Waals surface area contributed by atoms with Crippen LogP contribution >= 0.6 is 11.3 Å². The van der Waals surface area contributed by atoms with E-state index < -0.39 is 10.0 Å². The minimum absolute atomic E-state index is 0.154. The molecule has 1 fully saturated rings. The third-order valence-corrected chi connectivity index (χ3v) is 8.65. The Balaban J connectivity index is 1.60. The molecular formula is C20H24N2O3S2. The topological polar surface area (TPSA) is 57.7 Å². The Morgan fingerprint density at radius 3 is 2.59 bits per heavy atom. The Morgan fingerprint density at radius 2 is 1.85 bits per heavy atom. The largest absolute Gasteiger partial charge is 0.338 e. The van der Waals surface area contributed by atoms with Crippen LogP contribution in [0.1, 0.15) is 46.5 Å². The fraction of sp³-hybridized carbons (Fsp3) is 0.450. The molecule has 1 saturated carbocycles. The van der Waals surface area contributed by atoms with E-state index in [1.54, 1.807) is 23.4 Å². The summed E-state index contributed by atoms with van der Waals surface area (Å²) < 4.78 is 28.1. The maximum atomic E-state index is 13.3. The molecule has 4 rings (SSSR count). The number of thiophene rings is 1. The lowest BCUT2D eigenvalue weighted by Crippen LogP contribution is -2.38. The van der Waals surface area contributed by atoms with Gasteiger partial charge in [-0.1, -0.05) is 37.1 Å². The number of sulfonamides is 1. The van der Waals surface area contributed by atoms with Gasteiger partial charge in [0.15, 0.2) is 0 Å². The summed E-state index contributed by atoms with van der Waals surface area (Å²) in [5, 5.41) is 1.71. The highest BCUT2D eigenvalue weighted by Crippen LogP contribution is 2.31. The van der Waals surface area contributed by atoms with E-state index in [1.165, 1.54) is 21.2 Å². The second kappa shape index (κ2) is 7.37. The van der Waals surface area contributed by atoms with E-state index in [-0.39, 0.29) is 16.8 Å². The first-order valence-electron chi connectivity index (χ1n) is 9.40. The summed E-state index contributed by atoms with van der Waals surface area (Å²) in [5.74, 6) is -0.173. The smallest absolute Gasteiger partial charge is 0.265 e. The number of hydrogen-bond donors (Lipinski definition) is 0. The van der Waals surface area contributed by atoms with E-state index in [1.807, 2.05) is 18.2 Å². The van der Waals surface area contributed by atoms with Gasteiger partial charge in [0.25, 0.3) is 5.91 Å². The molecule has 0 spiro atoms. The molecular weight excluding hydrogens is 380 g/mol. The van der Waals surface area contributed by atoms with Gasteiger partial charge in [0.2, 0.25) is 10.0 Å². The predicted octanol–water partition coefficient (Wildman–Crippen LogP) is 3.51. The van der Waals surface area contributed by atoms with E-state index in [0.717, 1.165) is 31.2 Å². The lowest BCUT2D eigenvalue weighted by molar-refractivity contribution is 0.0736. The summed E-state index contributed by atoms with van der Waals surface area (Å²) in [6.45, 7) is 0.807. The number of nitrogens with zero attached hydrogens (tertiary/aromatic N) is 2. The third kappa shape index (κ3) is 3.44. The summed E-state index contributed by atoms with van der Waals surface area (Å²) in [6, 6.07) is 9.75. The minimum Gasteiger partial charge on any atom is -0.338 e. The van der Waals surface area contributed by atoms with Crippen molar-refractivity contribution < 1.29 is 13.2 Å². The first kappa shape index (κ1) is 18.7. The standard InChI is InChI=1S/C20H24N2O3S2/c1-21(17-8-4-5-9-17)20(23)19-18(11-13-26-19)27(24,25)22-12-10-15-6-2-3-7-16(15)14-22/h2-3,6-7,11,13,17H,4-5,8-10,12,14H2,1H3. The molecule has 0 saturated heterocycles. The molecule has 27 heavy (non-hydrogen) atoms. The molecule has 2 aromatic rings. The molecule has 1 aromatic carbocycles. The van der Waals surface area contributed by atoms with Crippen molar-refractivity contribution in [3.05, 3.63) is 51.7 Å². The third-order valence-electron chi connectivity index (χ3n) is 5.73. The van der Waals surface area contributed by atoms with Gasteiger partial charge in [0.05, 0.1) is 0 Å². The van der Waals surface area contributed by atoms with Gasteiger partial charge in [-0.25, -0.2) is 8.42 Å². The molecule has 0 bridgehead atoms. The van der Waals surface area contributed by atoms with E-state index in [0.29, 0.717) is 24.4 Å². The Hall–Kier alpha value is -1.70. The fourth-order valence-electron chi connectivity index (χ4n) is 4.09. The molecule has 2 aliphatic rings. The molecule has 0 unspecified atom stereocenters. The normalized spacial score (nSPS) is 18.4. The van der Waals surface area contributed by atoms with E-state index >= 15 is 0 Å². The lowest BCUT2D eigenvalue weighted by Gasteiger charge is -2.29. The Bertz CT molecular complexity index is 946. The van der Waals surface area contributed by atoms with Gasteiger partial charge in [-0.2, -0.15) is 4.31 Å². The van der Waals surface area contributed by atoms with Crippen LogP contribution in [0.3, 0.4) is 0 Å². The van der Waals surface area contributed by atoms with Crippen LogP contribution in [-0.2, 0) is 23.0 Å². The number of rotatable bonds is 4. The maximum absolute atomic E-state index is 13.3. The van der Waals surface area contributed by atoms with Crippen molar-refractivity contribution in [2.75, 3.05) is 13.6 Å². The van der Waals surface area contributed by atoms with Crippen molar-refractivity contribution in [1.82, 2.24) is 9.21 Å². The van der Waals surface area contributed by atoms with Crippen LogP contribution in [-0.4, -0.2) is 43.2 Å². The molecule has 1 amide bonds. The Morgan fingerprint density at radius 1 is 1.15 bits per heavy atom. The summed E-state index contributed by atoms with van der Waals surface area (Å²) >= 11 is 1.22. The minimum atomic E-state index is -3.70. The molecule has 1 aromatic heterocycles. The SMILES string of the molecule is CN(C(=O)c1sccc1S(=O)(=O)N1CCc2ccccc2C1)C1CCCC1. The van der Waals surface area contributed by atoms with Gasteiger partial charge < -0.3 is 4.90 Å². The highest BCUT2D eigenvalue weighted by Gasteiger charge is 2.34. The monoisotopic (exact) mass is 404 g/mol. The predicted molar refractivity (Wildman–Crippen MR) is 106 cm³/mol. The summed E-state index contributed by atoms with van der Waals surface area (Å²) in [4.78, 5) is 15.2. The number of carbonyl (C=O) groups is 1. The number of fused-ring (bicyclic) bond motifs is 1.